The first-order valence-corrected chi connectivity index (χ1v) is 4.21. The molecule has 0 aliphatic rings. The van der Waals surface area contributed by atoms with Gasteiger partial charge in [0.15, 0.2) is 0 Å². The van der Waals surface area contributed by atoms with Gasteiger partial charge in [0, 0.05) is 11.8 Å². The lowest BCUT2D eigenvalue weighted by Crippen LogP contribution is -2.23. The molecule has 0 aliphatic heterocycles. The van der Waals surface area contributed by atoms with Crippen LogP contribution in [0.2, 0.25) is 0 Å². The van der Waals surface area contributed by atoms with Crippen molar-refractivity contribution in [2.75, 3.05) is 18.6 Å². The summed E-state index contributed by atoms with van der Waals surface area (Å²) in [5.41, 5.74) is 0. The van der Waals surface area contributed by atoms with E-state index >= 15 is 0 Å². The fourth-order valence-electron chi connectivity index (χ4n) is 0.378. The Morgan fingerprint density at radius 3 is 2.62 bits per heavy atom. The minimum Gasteiger partial charge on any atom is -0.316 e. The molecule has 1 unspecified atom stereocenters. The van der Waals surface area contributed by atoms with Gasteiger partial charge >= 0.3 is 0 Å². The highest BCUT2D eigenvalue weighted by molar-refractivity contribution is 7.99. The van der Waals surface area contributed by atoms with Crippen LogP contribution in [0, 0.1) is 0 Å². The zero-order valence-corrected chi connectivity index (χ0v) is 6.72. The highest BCUT2D eigenvalue weighted by Gasteiger charge is 1.93. The zero-order chi connectivity index (χ0) is 6.41. The molecule has 0 saturated carbocycles. The molecule has 0 amide bonds. The number of thioether (sulfide) groups is 1. The second-order valence-corrected chi connectivity index (χ2v) is 3.17. The van der Waals surface area contributed by atoms with E-state index in [1.807, 2.05) is 18.8 Å². The van der Waals surface area contributed by atoms with Crippen LogP contribution >= 0.6 is 11.8 Å². The number of hydrogen-bond acceptors (Lipinski definition) is 2. The van der Waals surface area contributed by atoms with E-state index in [4.69, 9.17) is 0 Å². The van der Waals surface area contributed by atoms with Crippen LogP contribution in [0.5, 0.6) is 0 Å². The summed E-state index contributed by atoms with van der Waals surface area (Å²) < 4.78 is 0. The van der Waals surface area contributed by atoms with Crippen molar-refractivity contribution in [2.24, 2.45) is 0 Å². The van der Waals surface area contributed by atoms with Gasteiger partial charge in [-0.2, -0.15) is 11.8 Å². The Hall–Kier alpha value is 0.310. The first kappa shape index (κ1) is 8.31. The predicted molar refractivity (Wildman–Crippen MR) is 41.5 cm³/mol. The van der Waals surface area contributed by atoms with Gasteiger partial charge < -0.3 is 5.32 Å². The minimum absolute atomic E-state index is 0.667. The van der Waals surface area contributed by atoms with E-state index in [0.717, 1.165) is 0 Å². The molecule has 1 N–H and O–H groups in total. The van der Waals surface area contributed by atoms with E-state index in [-0.39, 0.29) is 0 Å². The molecule has 2 heteroatoms. The third-order valence-electron chi connectivity index (χ3n) is 1.06. The molecule has 1 nitrogen and oxygen atoms in total. The second kappa shape index (κ2) is 5.45. The molecule has 0 aromatic rings. The predicted octanol–water partition coefficient (Wildman–Crippen LogP) is 1.35. The molecule has 0 saturated heterocycles. The molecule has 1 atom stereocenters. The molecule has 50 valence electrons. The smallest absolute Gasteiger partial charge is 0.0126 e. The quantitative estimate of drug-likeness (QED) is 0.621. The molecule has 0 bridgehead atoms. The van der Waals surface area contributed by atoms with E-state index in [9.17, 15) is 0 Å². The largest absolute Gasteiger partial charge is 0.316 e. The second-order valence-electron chi connectivity index (χ2n) is 1.85. The number of nitrogens with one attached hydrogen (secondary N) is 1. The lowest BCUT2D eigenvalue weighted by atomic mass is 10.4. The molecule has 0 aliphatic carbocycles. The van der Waals surface area contributed by atoms with Crippen molar-refractivity contribution in [3.05, 3.63) is 0 Å². The van der Waals surface area contributed by atoms with E-state index in [1.54, 1.807) is 0 Å². The van der Waals surface area contributed by atoms with Crippen LogP contribution in [0.3, 0.4) is 0 Å². The Kier molecular flexibility index (Phi) is 5.66. The first-order chi connectivity index (χ1) is 3.81. The average molecular weight is 133 g/mol. The van der Waals surface area contributed by atoms with Gasteiger partial charge in [0.1, 0.15) is 0 Å². The first-order valence-electron chi connectivity index (χ1n) is 3.06. The van der Waals surface area contributed by atoms with Crippen LogP contribution in [0.1, 0.15) is 13.8 Å². The van der Waals surface area contributed by atoms with E-state index in [2.05, 4.69) is 19.2 Å². The minimum atomic E-state index is 0.667. The molecule has 0 aromatic heterocycles. The molecule has 8 heavy (non-hydrogen) atoms. The molecule has 0 fully saturated rings. The normalized spacial score (nSPS) is 13.9. The Bertz CT molecular complexity index is 47.8. The third kappa shape index (κ3) is 4.47. The SMILES string of the molecule is CCSCC(C)NC. The van der Waals surface area contributed by atoms with Crippen molar-refractivity contribution in [2.45, 2.75) is 19.9 Å². The third-order valence-corrected chi connectivity index (χ3v) is 2.21. The molecule has 0 spiro atoms. The van der Waals surface area contributed by atoms with Gasteiger partial charge in [-0.1, -0.05) is 6.92 Å². The van der Waals surface area contributed by atoms with Crippen molar-refractivity contribution in [3.63, 3.8) is 0 Å². The summed E-state index contributed by atoms with van der Waals surface area (Å²) in [6.07, 6.45) is 0. The maximum absolute atomic E-state index is 3.18. The molecular formula is C6H15NS. The summed E-state index contributed by atoms with van der Waals surface area (Å²) in [5, 5.41) is 3.18. The topological polar surface area (TPSA) is 12.0 Å². The van der Waals surface area contributed by atoms with Gasteiger partial charge in [0.25, 0.3) is 0 Å². The fourth-order valence-corrected chi connectivity index (χ4v) is 1.13. The van der Waals surface area contributed by atoms with Gasteiger partial charge in [-0.3, -0.25) is 0 Å². The van der Waals surface area contributed by atoms with E-state index < -0.39 is 0 Å². The van der Waals surface area contributed by atoms with Crippen LogP contribution in [0.25, 0.3) is 0 Å². The van der Waals surface area contributed by atoms with Gasteiger partial charge in [0.05, 0.1) is 0 Å². The summed E-state index contributed by atoms with van der Waals surface area (Å²) >= 11 is 1.98. The lowest BCUT2D eigenvalue weighted by Gasteiger charge is -2.06. The van der Waals surface area contributed by atoms with Gasteiger partial charge in [0.2, 0.25) is 0 Å². The van der Waals surface area contributed by atoms with E-state index in [1.165, 1.54) is 11.5 Å². The summed E-state index contributed by atoms with van der Waals surface area (Å²) in [4.78, 5) is 0. The summed E-state index contributed by atoms with van der Waals surface area (Å²) in [7, 11) is 2.00. The van der Waals surface area contributed by atoms with E-state index in [0.29, 0.717) is 6.04 Å². The van der Waals surface area contributed by atoms with Crippen molar-refractivity contribution in [1.82, 2.24) is 5.32 Å². The maximum atomic E-state index is 3.18. The zero-order valence-electron chi connectivity index (χ0n) is 5.90. The Morgan fingerprint density at radius 2 is 2.25 bits per heavy atom. The van der Waals surface area contributed by atoms with Crippen LogP contribution in [0.4, 0.5) is 0 Å². The lowest BCUT2D eigenvalue weighted by molar-refractivity contribution is 0.677. The van der Waals surface area contributed by atoms with Crippen molar-refractivity contribution in [1.29, 1.82) is 0 Å². The Morgan fingerprint density at radius 1 is 1.62 bits per heavy atom. The number of hydrogen-bond donors (Lipinski definition) is 1. The summed E-state index contributed by atoms with van der Waals surface area (Å²) in [6.45, 7) is 4.38. The van der Waals surface area contributed by atoms with Crippen molar-refractivity contribution >= 4 is 11.8 Å². The van der Waals surface area contributed by atoms with Crippen LogP contribution in [0.15, 0.2) is 0 Å². The molecule has 0 aromatic carbocycles. The molecule has 0 radical (unpaired) electrons. The Labute approximate surface area is 56.2 Å². The van der Waals surface area contributed by atoms with Crippen molar-refractivity contribution in [3.8, 4) is 0 Å². The van der Waals surface area contributed by atoms with Crippen LogP contribution < -0.4 is 5.32 Å². The highest BCUT2D eigenvalue weighted by atomic mass is 32.2. The van der Waals surface area contributed by atoms with Crippen LogP contribution in [-0.4, -0.2) is 24.6 Å². The standard InChI is InChI=1S/C6H15NS/c1-4-8-5-6(2)7-3/h6-7H,4-5H2,1-3H3. The summed E-state index contributed by atoms with van der Waals surface area (Å²) in [5.74, 6) is 2.46. The monoisotopic (exact) mass is 133 g/mol. The van der Waals surface area contributed by atoms with Gasteiger partial charge in [-0.15, -0.1) is 0 Å². The Balaban J connectivity index is 2.86. The fraction of sp³-hybridized carbons (Fsp3) is 1.00. The number of rotatable bonds is 4. The summed E-state index contributed by atoms with van der Waals surface area (Å²) in [6, 6.07) is 0.667. The maximum Gasteiger partial charge on any atom is 0.0126 e. The van der Waals surface area contributed by atoms with Gasteiger partial charge in [-0.05, 0) is 19.7 Å². The van der Waals surface area contributed by atoms with Gasteiger partial charge in [-0.25, -0.2) is 0 Å². The molecule has 0 rings (SSSR count). The van der Waals surface area contributed by atoms with Crippen LogP contribution in [-0.2, 0) is 0 Å². The molecule has 0 heterocycles. The molecular weight excluding hydrogens is 118 g/mol. The van der Waals surface area contributed by atoms with Crippen molar-refractivity contribution < 1.29 is 0 Å². The highest BCUT2D eigenvalue weighted by Crippen LogP contribution is 1.99. The average Bonchev–Trinajstić information content (AvgIpc) is 1.83.